The summed E-state index contributed by atoms with van der Waals surface area (Å²) < 4.78 is 24.1. The Bertz CT molecular complexity index is 1100. The first-order valence-electron chi connectivity index (χ1n) is 9.29. The number of carbonyl (C=O) groups excluding carboxylic acids is 2. The third-order valence-electron chi connectivity index (χ3n) is 4.52. The van der Waals surface area contributed by atoms with Crippen LogP contribution in [0.1, 0.15) is 25.7 Å². The first kappa shape index (κ1) is 23.1. The molecule has 0 aliphatic heterocycles. The highest BCUT2D eigenvalue weighted by Gasteiger charge is 2.24. The number of fused-ring (bicyclic) bond motifs is 1. The molecule has 0 atom stereocenters. The Kier molecular flexibility index (Phi) is 7.55. The van der Waals surface area contributed by atoms with Gasteiger partial charge in [-0.25, -0.2) is 14.2 Å². The molecule has 2 aromatic heterocycles. The second-order valence-corrected chi connectivity index (χ2v) is 8.14. The Morgan fingerprint density at radius 2 is 2.03 bits per heavy atom. The molecule has 0 aliphatic carbocycles. The van der Waals surface area contributed by atoms with Gasteiger partial charge in [0.25, 0.3) is 5.91 Å². The summed E-state index contributed by atoms with van der Waals surface area (Å²) in [5, 5.41) is 3.13. The number of nitrogens with one attached hydrogen (secondary N) is 1. The zero-order valence-electron chi connectivity index (χ0n) is 17.2. The van der Waals surface area contributed by atoms with E-state index in [1.165, 1.54) is 19.2 Å². The number of hydrogen-bond acceptors (Lipinski definition) is 7. The summed E-state index contributed by atoms with van der Waals surface area (Å²) >= 11 is 7.09. The average Bonchev–Trinajstić information content (AvgIpc) is 3.09. The number of amides is 1. The van der Waals surface area contributed by atoms with Crippen molar-refractivity contribution < 1.29 is 23.5 Å². The number of aromatic nitrogens is 1. The van der Waals surface area contributed by atoms with Crippen LogP contribution in [-0.4, -0.2) is 56.2 Å². The van der Waals surface area contributed by atoms with Gasteiger partial charge < -0.3 is 14.8 Å². The van der Waals surface area contributed by atoms with E-state index in [2.05, 4.69) is 15.2 Å². The zero-order chi connectivity index (χ0) is 22.5. The molecule has 1 amide bonds. The molecule has 0 spiro atoms. The van der Waals surface area contributed by atoms with Gasteiger partial charge in [-0.1, -0.05) is 17.7 Å². The van der Waals surface area contributed by atoms with Gasteiger partial charge >= 0.3 is 5.97 Å². The van der Waals surface area contributed by atoms with E-state index in [1.54, 1.807) is 13.2 Å². The quantitative estimate of drug-likeness (QED) is 0.502. The fraction of sp³-hybridized carbons (Fsp3) is 0.286. The van der Waals surface area contributed by atoms with Gasteiger partial charge in [-0.05, 0) is 31.3 Å². The second-order valence-electron chi connectivity index (χ2n) is 6.73. The fourth-order valence-corrected chi connectivity index (χ4v) is 4.27. The highest BCUT2D eigenvalue weighted by molar-refractivity contribution is 7.21. The van der Waals surface area contributed by atoms with Gasteiger partial charge in [-0.3, -0.25) is 9.69 Å². The molecule has 0 saturated carbocycles. The first-order chi connectivity index (χ1) is 14.8. The third-order valence-corrected chi connectivity index (χ3v) is 5.92. The van der Waals surface area contributed by atoms with Crippen LogP contribution in [0.4, 0.5) is 10.1 Å². The Balaban J connectivity index is 1.97. The maximum absolute atomic E-state index is 14.2. The van der Waals surface area contributed by atoms with Crippen LogP contribution in [0.3, 0.4) is 0 Å². The lowest BCUT2D eigenvalue weighted by Crippen LogP contribution is -2.22. The van der Waals surface area contributed by atoms with E-state index in [9.17, 15) is 14.0 Å². The molecule has 0 fully saturated rings. The summed E-state index contributed by atoms with van der Waals surface area (Å²) in [6, 6.07) is 7.54. The maximum atomic E-state index is 14.2. The smallest absolute Gasteiger partial charge is 0.350 e. The zero-order valence-corrected chi connectivity index (χ0v) is 18.8. The third kappa shape index (κ3) is 5.19. The second kappa shape index (κ2) is 10.1. The molecule has 2 heterocycles. The number of benzene rings is 1. The van der Waals surface area contributed by atoms with E-state index < -0.39 is 17.7 Å². The number of rotatable bonds is 8. The molecule has 31 heavy (non-hydrogen) atoms. The molecule has 0 aliphatic rings. The number of hydrogen-bond donors (Lipinski definition) is 1. The summed E-state index contributed by atoms with van der Waals surface area (Å²) in [6.07, 6.45) is 0. The van der Waals surface area contributed by atoms with Crippen LogP contribution < -0.4 is 5.32 Å². The molecular formula is C21H21ClFN3O4S. The largest absolute Gasteiger partial charge is 0.465 e. The summed E-state index contributed by atoms with van der Waals surface area (Å²) in [6.45, 7) is 1.91. The molecule has 164 valence electrons. The maximum Gasteiger partial charge on any atom is 0.350 e. The molecule has 3 rings (SSSR count). The topological polar surface area (TPSA) is 80.8 Å². The standard InChI is InChI=1S/C21H21ClFN3O4S/c1-26(9-10-29-2)11-12-7-8-13-17(18(21(28)30-3)31-20(13)24-12)25-19(27)16-14(22)5-4-6-15(16)23/h4-8H,9-11H2,1-3H3,(H,25,27). The van der Waals surface area contributed by atoms with Crippen molar-refractivity contribution in [1.29, 1.82) is 0 Å². The molecule has 7 nitrogen and oxygen atoms in total. The SMILES string of the molecule is COCCN(C)Cc1ccc2c(NC(=O)c3c(F)cccc3Cl)c(C(=O)OC)sc2n1. The van der Waals surface area contributed by atoms with Crippen molar-refractivity contribution in [2.45, 2.75) is 6.54 Å². The molecule has 1 aromatic carbocycles. The van der Waals surface area contributed by atoms with Crippen LogP contribution in [0.15, 0.2) is 30.3 Å². The predicted molar refractivity (Wildman–Crippen MR) is 119 cm³/mol. The number of ether oxygens (including phenoxy) is 2. The van der Waals surface area contributed by atoms with Crippen molar-refractivity contribution in [3.8, 4) is 0 Å². The van der Waals surface area contributed by atoms with Crippen LogP contribution in [0, 0.1) is 5.82 Å². The van der Waals surface area contributed by atoms with Crippen molar-refractivity contribution in [1.82, 2.24) is 9.88 Å². The summed E-state index contributed by atoms with van der Waals surface area (Å²) in [7, 11) is 4.83. The summed E-state index contributed by atoms with van der Waals surface area (Å²) in [4.78, 5) is 32.5. The van der Waals surface area contributed by atoms with Gasteiger partial charge in [0.15, 0.2) is 0 Å². The molecule has 0 unspecified atom stereocenters. The lowest BCUT2D eigenvalue weighted by Gasteiger charge is -2.15. The van der Waals surface area contributed by atoms with Crippen molar-refractivity contribution in [3.05, 3.63) is 57.3 Å². The number of carbonyl (C=O) groups is 2. The van der Waals surface area contributed by atoms with Crippen LogP contribution in [-0.2, 0) is 16.0 Å². The van der Waals surface area contributed by atoms with E-state index in [4.69, 9.17) is 21.1 Å². The van der Waals surface area contributed by atoms with Gasteiger partial charge in [0, 0.05) is 25.6 Å². The number of thiophene rings is 1. The van der Waals surface area contributed by atoms with Crippen LogP contribution >= 0.6 is 22.9 Å². The van der Waals surface area contributed by atoms with E-state index in [1.807, 2.05) is 13.1 Å². The number of pyridine rings is 1. The molecule has 0 saturated heterocycles. The molecule has 10 heteroatoms. The minimum atomic E-state index is -0.767. The molecule has 0 radical (unpaired) electrons. The first-order valence-corrected chi connectivity index (χ1v) is 10.5. The van der Waals surface area contributed by atoms with E-state index in [0.29, 0.717) is 23.4 Å². The van der Waals surface area contributed by atoms with Crippen molar-refractivity contribution in [2.75, 3.05) is 39.7 Å². The van der Waals surface area contributed by atoms with Crippen molar-refractivity contribution in [2.24, 2.45) is 0 Å². The number of anilines is 1. The number of esters is 1. The van der Waals surface area contributed by atoms with Gasteiger partial charge in [0.05, 0.1) is 35.7 Å². The van der Waals surface area contributed by atoms with Crippen molar-refractivity contribution in [3.63, 3.8) is 0 Å². The minimum Gasteiger partial charge on any atom is -0.465 e. The molecule has 3 aromatic rings. The van der Waals surface area contributed by atoms with Gasteiger partial charge in [-0.15, -0.1) is 11.3 Å². The molecule has 1 N–H and O–H groups in total. The highest BCUT2D eigenvalue weighted by atomic mass is 35.5. The number of nitrogens with zero attached hydrogens (tertiary/aromatic N) is 2. The normalized spacial score (nSPS) is 11.2. The molecular weight excluding hydrogens is 445 g/mol. The van der Waals surface area contributed by atoms with Gasteiger partial charge in [-0.2, -0.15) is 0 Å². The van der Waals surface area contributed by atoms with E-state index >= 15 is 0 Å². The van der Waals surface area contributed by atoms with Crippen LogP contribution in [0.5, 0.6) is 0 Å². The van der Waals surface area contributed by atoms with Gasteiger partial charge in [0.2, 0.25) is 0 Å². The summed E-state index contributed by atoms with van der Waals surface area (Å²) in [5.41, 5.74) is 0.699. The fourth-order valence-electron chi connectivity index (χ4n) is 2.96. The Hall–Kier alpha value is -2.59. The molecule has 0 bridgehead atoms. The Morgan fingerprint density at radius 1 is 1.26 bits per heavy atom. The predicted octanol–water partition coefficient (Wildman–Crippen LogP) is 4.21. The number of methoxy groups -OCH3 is 2. The number of halogens is 2. The lowest BCUT2D eigenvalue weighted by molar-refractivity contribution is 0.0607. The van der Waals surface area contributed by atoms with Crippen molar-refractivity contribution >= 4 is 50.7 Å². The lowest BCUT2D eigenvalue weighted by atomic mass is 10.1. The number of likely N-dealkylation sites (N-methyl/N-ethyl adjacent to an activating group) is 1. The Labute approximate surface area is 187 Å². The van der Waals surface area contributed by atoms with E-state index in [0.717, 1.165) is 29.6 Å². The monoisotopic (exact) mass is 465 g/mol. The highest BCUT2D eigenvalue weighted by Crippen LogP contribution is 2.36. The van der Waals surface area contributed by atoms with Gasteiger partial charge in [0.1, 0.15) is 15.5 Å². The Morgan fingerprint density at radius 3 is 2.71 bits per heavy atom. The minimum absolute atomic E-state index is 0.0313. The van der Waals surface area contributed by atoms with Crippen LogP contribution in [0.2, 0.25) is 5.02 Å². The van der Waals surface area contributed by atoms with Crippen LogP contribution in [0.25, 0.3) is 10.2 Å². The van der Waals surface area contributed by atoms with E-state index in [-0.39, 0.29) is 21.2 Å². The average molecular weight is 466 g/mol. The summed E-state index contributed by atoms with van der Waals surface area (Å²) in [5.74, 6) is -2.16.